The lowest BCUT2D eigenvalue weighted by Crippen LogP contribution is -2.15. The highest BCUT2D eigenvalue weighted by Crippen LogP contribution is 2.25. The fourth-order valence-corrected chi connectivity index (χ4v) is 2.13. The number of hydrogen-bond donors (Lipinski definition) is 1. The van der Waals surface area contributed by atoms with Crippen molar-refractivity contribution in [2.24, 2.45) is 0 Å². The van der Waals surface area contributed by atoms with Crippen molar-refractivity contribution in [2.75, 3.05) is 0 Å². The maximum absolute atomic E-state index is 8.72. The second-order valence-electron chi connectivity index (χ2n) is 4.41. The Kier molecular flexibility index (Phi) is 4.54. The molecule has 94 valence electrons. The number of ether oxygens (including phenoxy) is 2. The normalized spacial score (nSPS) is 19.8. The average Bonchev–Trinajstić information content (AvgIpc) is 2.99. The van der Waals surface area contributed by atoms with Gasteiger partial charge in [0, 0.05) is 19.3 Å². The van der Waals surface area contributed by atoms with E-state index in [9.17, 15) is 0 Å². The van der Waals surface area contributed by atoms with Crippen LogP contribution in [-0.2, 0) is 9.47 Å². The summed E-state index contributed by atoms with van der Waals surface area (Å²) in [7, 11) is 0. The van der Waals surface area contributed by atoms with Crippen molar-refractivity contribution in [1.82, 2.24) is 0 Å². The highest BCUT2D eigenvalue weighted by molar-refractivity contribution is 5.02. The van der Waals surface area contributed by atoms with Gasteiger partial charge in [0.1, 0.15) is 0 Å². The van der Waals surface area contributed by atoms with Crippen molar-refractivity contribution < 1.29 is 14.6 Å². The molecule has 0 amide bonds. The van der Waals surface area contributed by atoms with Crippen LogP contribution in [0.15, 0.2) is 36.0 Å². The van der Waals surface area contributed by atoms with Crippen LogP contribution in [-0.4, -0.2) is 11.4 Å². The van der Waals surface area contributed by atoms with Gasteiger partial charge in [-0.1, -0.05) is 0 Å². The number of aliphatic hydroxyl groups is 1. The smallest absolute Gasteiger partial charge is 0.243 e. The van der Waals surface area contributed by atoms with Gasteiger partial charge < -0.3 is 14.6 Å². The molecule has 0 heterocycles. The molecule has 3 heteroatoms. The van der Waals surface area contributed by atoms with E-state index >= 15 is 0 Å². The fraction of sp³-hybridized carbons (Fsp3) is 0.571. The Morgan fingerprint density at radius 2 is 1.71 bits per heavy atom. The second kappa shape index (κ2) is 6.38. The lowest BCUT2D eigenvalue weighted by Gasteiger charge is -2.20. The quantitative estimate of drug-likeness (QED) is 0.560. The van der Waals surface area contributed by atoms with Crippen LogP contribution in [0, 0.1) is 0 Å². The summed E-state index contributed by atoms with van der Waals surface area (Å²) in [5.74, 6) is 2.06. The van der Waals surface area contributed by atoms with Gasteiger partial charge in [-0.15, -0.1) is 0 Å². The summed E-state index contributed by atoms with van der Waals surface area (Å²) in [6.45, 7) is 0. The minimum Gasteiger partial charge on any atom is -0.516 e. The molecule has 0 atom stereocenters. The van der Waals surface area contributed by atoms with Crippen molar-refractivity contribution >= 4 is 0 Å². The zero-order chi connectivity index (χ0) is 11.9. The van der Waals surface area contributed by atoms with Crippen molar-refractivity contribution in [2.45, 2.75) is 51.2 Å². The molecule has 0 radical (unpaired) electrons. The number of rotatable bonds is 6. The Hall–Kier alpha value is -1.38. The molecule has 0 aliphatic heterocycles. The molecule has 0 saturated heterocycles. The number of aliphatic hydroxyl groups excluding tert-OH is 1. The summed E-state index contributed by atoms with van der Waals surface area (Å²) in [6.07, 6.45) is 13.8. The van der Waals surface area contributed by atoms with Crippen LogP contribution in [0.25, 0.3) is 0 Å². The molecule has 17 heavy (non-hydrogen) atoms. The summed E-state index contributed by atoms with van der Waals surface area (Å²) >= 11 is 0. The predicted octanol–water partition coefficient (Wildman–Crippen LogP) is 3.94. The Bertz CT molecular complexity index is 302. The topological polar surface area (TPSA) is 38.7 Å². The molecule has 0 fully saturated rings. The zero-order valence-corrected chi connectivity index (χ0v) is 10.1. The average molecular weight is 236 g/mol. The third kappa shape index (κ3) is 3.84. The maximum atomic E-state index is 8.72. The van der Waals surface area contributed by atoms with Crippen LogP contribution in [0.5, 0.6) is 0 Å². The fourth-order valence-electron chi connectivity index (χ4n) is 2.13. The highest BCUT2D eigenvalue weighted by atomic mass is 16.7. The minimum absolute atomic E-state index is 0.299. The third-order valence-electron chi connectivity index (χ3n) is 3.00. The molecule has 3 nitrogen and oxygen atoms in total. The van der Waals surface area contributed by atoms with Gasteiger partial charge in [0.2, 0.25) is 6.29 Å². The molecule has 0 saturated carbocycles. The first kappa shape index (κ1) is 12.1. The van der Waals surface area contributed by atoms with Gasteiger partial charge in [0.25, 0.3) is 0 Å². The third-order valence-corrected chi connectivity index (χ3v) is 3.00. The van der Waals surface area contributed by atoms with E-state index in [1.165, 1.54) is 12.8 Å². The van der Waals surface area contributed by atoms with Gasteiger partial charge in [0.05, 0.1) is 17.8 Å². The Balaban J connectivity index is 1.87. The monoisotopic (exact) mass is 236 g/mol. The van der Waals surface area contributed by atoms with E-state index < -0.39 is 0 Å². The highest BCUT2D eigenvalue weighted by Gasteiger charge is 2.17. The van der Waals surface area contributed by atoms with Gasteiger partial charge in [-0.05, 0) is 43.9 Å². The molecule has 2 rings (SSSR count). The van der Waals surface area contributed by atoms with Crippen LogP contribution in [0.1, 0.15) is 44.9 Å². The SMILES string of the molecule is OC=CCC(OC1=CCCC1)OC1=CCCC1. The number of allylic oxidation sites excluding steroid dienone is 4. The molecule has 0 aromatic heterocycles. The van der Waals surface area contributed by atoms with Crippen molar-refractivity contribution in [3.63, 3.8) is 0 Å². The van der Waals surface area contributed by atoms with Crippen LogP contribution in [0.3, 0.4) is 0 Å². The molecular formula is C14H20O3. The van der Waals surface area contributed by atoms with Crippen molar-refractivity contribution in [3.05, 3.63) is 36.0 Å². The van der Waals surface area contributed by atoms with E-state index in [-0.39, 0.29) is 6.29 Å². The molecule has 0 unspecified atom stereocenters. The first-order valence-electron chi connectivity index (χ1n) is 6.39. The lowest BCUT2D eigenvalue weighted by molar-refractivity contribution is -0.0858. The minimum atomic E-state index is -0.299. The van der Waals surface area contributed by atoms with E-state index in [1.54, 1.807) is 6.08 Å². The zero-order valence-electron chi connectivity index (χ0n) is 10.1. The number of hydrogen-bond acceptors (Lipinski definition) is 3. The summed E-state index contributed by atoms with van der Waals surface area (Å²) in [4.78, 5) is 0. The Labute approximate surface area is 102 Å². The predicted molar refractivity (Wildman–Crippen MR) is 66.2 cm³/mol. The molecule has 1 N–H and O–H groups in total. The van der Waals surface area contributed by atoms with Gasteiger partial charge in [-0.2, -0.15) is 0 Å². The molecule has 2 aliphatic carbocycles. The molecule has 0 bridgehead atoms. The Morgan fingerprint density at radius 3 is 2.12 bits per heavy atom. The van der Waals surface area contributed by atoms with Crippen molar-refractivity contribution in [3.8, 4) is 0 Å². The molecule has 0 spiro atoms. The van der Waals surface area contributed by atoms with Crippen LogP contribution in [0.2, 0.25) is 0 Å². The van der Waals surface area contributed by atoms with E-state index in [2.05, 4.69) is 12.2 Å². The summed E-state index contributed by atoms with van der Waals surface area (Å²) in [5.41, 5.74) is 0. The van der Waals surface area contributed by atoms with Gasteiger partial charge >= 0.3 is 0 Å². The molecular weight excluding hydrogens is 216 g/mol. The van der Waals surface area contributed by atoms with Crippen molar-refractivity contribution in [1.29, 1.82) is 0 Å². The van der Waals surface area contributed by atoms with Gasteiger partial charge in [-0.3, -0.25) is 0 Å². The molecule has 0 aromatic rings. The van der Waals surface area contributed by atoms with Gasteiger partial charge in [-0.25, -0.2) is 0 Å². The Morgan fingerprint density at radius 1 is 1.12 bits per heavy atom. The standard InChI is InChI=1S/C14H20O3/c15-11-5-10-14(16-12-6-1-2-7-12)17-13-8-3-4-9-13/h5-6,8,11,14-15H,1-4,7,9-10H2. The first-order valence-corrected chi connectivity index (χ1v) is 6.39. The van der Waals surface area contributed by atoms with Crippen LogP contribution < -0.4 is 0 Å². The van der Waals surface area contributed by atoms with E-state index in [1.807, 2.05) is 0 Å². The lowest BCUT2D eigenvalue weighted by atomic mass is 10.3. The summed E-state index contributed by atoms with van der Waals surface area (Å²) < 4.78 is 11.6. The molecule has 0 aromatic carbocycles. The van der Waals surface area contributed by atoms with Crippen LogP contribution in [0.4, 0.5) is 0 Å². The van der Waals surface area contributed by atoms with E-state index in [0.29, 0.717) is 6.42 Å². The molecule has 2 aliphatic rings. The summed E-state index contributed by atoms with van der Waals surface area (Å²) in [5, 5.41) is 8.72. The van der Waals surface area contributed by atoms with Gasteiger partial charge in [0.15, 0.2) is 0 Å². The van der Waals surface area contributed by atoms with Crippen LogP contribution >= 0.6 is 0 Å². The van der Waals surface area contributed by atoms with E-state index in [0.717, 1.165) is 43.5 Å². The van der Waals surface area contributed by atoms with E-state index in [4.69, 9.17) is 14.6 Å². The summed E-state index contributed by atoms with van der Waals surface area (Å²) in [6, 6.07) is 0. The largest absolute Gasteiger partial charge is 0.516 e. The second-order valence-corrected chi connectivity index (χ2v) is 4.41. The first-order chi connectivity index (χ1) is 8.38. The maximum Gasteiger partial charge on any atom is 0.243 e.